The van der Waals surface area contributed by atoms with Crippen molar-refractivity contribution < 1.29 is 32.6 Å². The molecule has 3 amide bonds. The second-order valence-electron chi connectivity index (χ2n) is 6.43. The van der Waals surface area contributed by atoms with Crippen molar-refractivity contribution >= 4 is 46.8 Å². The third kappa shape index (κ3) is 7.54. The number of halogens is 4. The molecule has 12 heteroatoms. The van der Waals surface area contributed by atoms with Crippen LogP contribution in [0.25, 0.3) is 0 Å². The predicted octanol–water partition coefficient (Wildman–Crippen LogP) is 4.26. The number of anilines is 1. The Kier molecular flexibility index (Phi) is 9.03. The lowest BCUT2D eigenvalue weighted by Crippen LogP contribution is -2.36. The lowest BCUT2D eigenvalue weighted by atomic mass is 10.0. The van der Waals surface area contributed by atoms with Gasteiger partial charge < -0.3 is 25.8 Å². The summed E-state index contributed by atoms with van der Waals surface area (Å²) in [5, 5.41) is 5.01. The highest BCUT2D eigenvalue weighted by molar-refractivity contribution is 6.32. The Morgan fingerprint density at radius 1 is 1.09 bits per heavy atom. The summed E-state index contributed by atoms with van der Waals surface area (Å²) in [5.41, 5.74) is 5.79. The highest BCUT2D eigenvalue weighted by Gasteiger charge is 2.24. The van der Waals surface area contributed by atoms with Gasteiger partial charge in [-0.2, -0.15) is 8.78 Å². The number of ether oxygens (including phenoxy) is 2. The summed E-state index contributed by atoms with van der Waals surface area (Å²) in [6.45, 7) is -1.72. The number of carbonyl (C=O) groups is 3. The Morgan fingerprint density at radius 2 is 1.78 bits per heavy atom. The molecule has 2 aromatic carbocycles. The van der Waals surface area contributed by atoms with Crippen molar-refractivity contribution in [2.45, 2.75) is 32.1 Å². The van der Waals surface area contributed by atoms with Crippen molar-refractivity contribution in [1.29, 1.82) is 0 Å². The van der Waals surface area contributed by atoms with E-state index in [1.165, 1.54) is 19.1 Å². The molecule has 0 saturated carbocycles. The summed E-state index contributed by atoms with van der Waals surface area (Å²) < 4.78 is 33.9. The minimum atomic E-state index is -3.05. The Labute approximate surface area is 191 Å². The number of primary amides is 1. The topological polar surface area (TPSA) is 120 Å². The Bertz CT molecular complexity index is 993. The number of nitrogens with one attached hydrogen (secondary N) is 2. The van der Waals surface area contributed by atoms with Crippen LogP contribution in [0, 0.1) is 0 Å². The molecule has 2 atom stereocenters. The van der Waals surface area contributed by atoms with Gasteiger partial charge in [0.05, 0.1) is 17.5 Å². The zero-order valence-corrected chi connectivity index (χ0v) is 18.1. The molecule has 0 bridgehead atoms. The number of carbonyl (C=O) groups excluding carboxylic acids is 3. The molecule has 0 radical (unpaired) electrons. The number of alkyl halides is 2. The molecule has 0 aliphatic carbocycles. The van der Waals surface area contributed by atoms with Crippen molar-refractivity contribution in [3.8, 4) is 5.75 Å². The lowest BCUT2D eigenvalue weighted by molar-refractivity contribution is -0.153. The average molecular weight is 490 g/mol. The van der Waals surface area contributed by atoms with Gasteiger partial charge in [0.15, 0.2) is 6.10 Å². The second-order valence-corrected chi connectivity index (χ2v) is 7.25. The molecule has 0 saturated heterocycles. The molecule has 0 aliphatic heterocycles. The molecule has 8 nitrogen and oxygen atoms in total. The van der Waals surface area contributed by atoms with Gasteiger partial charge in [-0.15, -0.1) is 0 Å². The van der Waals surface area contributed by atoms with Gasteiger partial charge in [-0.3, -0.25) is 9.59 Å². The quantitative estimate of drug-likeness (QED) is 0.454. The SMILES string of the molecule is C[C@@H](OC(=O)C[C@H](NC(N)=O)c1ccccc1Cl)C(=O)Nc1ccc(OC(F)F)c(Cl)c1. The van der Waals surface area contributed by atoms with Gasteiger partial charge in [0.1, 0.15) is 5.75 Å². The maximum absolute atomic E-state index is 12.3. The fourth-order valence-electron chi connectivity index (χ4n) is 2.65. The van der Waals surface area contributed by atoms with E-state index in [0.29, 0.717) is 10.6 Å². The van der Waals surface area contributed by atoms with Crippen LogP contribution in [0.15, 0.2) is 42.5 Å². The van der Waals surface area contributed by atoms with E-state index in [9.17, 15) is 23.2 Å². The molecule has 32 heavy (non-hydrogen) atoms. The predicted molar refractivity (Wildman–Crippen MR) is 114 cm³/mol. The molecule has 2 rings (SSSR count). The highest BCUT2D eigenvalue weighted by Crippen LogP contribution is 2.29. The van der Waals surface area contributed by atoms with Crippen molar-refractivity contribution in [3.05, 3.63) is 58.1 Å². The molecular formula is C20H19Cl2F2N3O5. The summed E-state index contributed by atoms with van der Waals surface area (Å²) in [6.07, 6.45) is -1.56. The zero-order chi connectivity index (χ0) is 23.8. The van der Waals surface area contributed by atoms with E-state index in [1.807, 2.05) is 0 Å². The monoisotopic (exact) mass is 489 g/mol. The van der Waals surface area contributed by atoms with Gasteiger partial charge in [-0.1, -0.05) is 41.4 Å². The first-order valence-electron chi connectivity index (χ1n) is 9.12. The van der Waals surface area contributed by atoms with Crippen LogP contribution < -0.4 is 21.1 Å². The van der Waals surface area contributed by atoms with Gasteiger partial charge in [-0.25, -0.2) is 4.79 Å². The summed E-state index contributed by atoms with van der Waals surface area (Å²) in [6, 6.07) is 8.45. The Balaban J connectivity index is 1.99. The fourth-order valence-corrected chi connectivity index (χ4v) is 3.14. The number of esters is 1. The van der Waals surface area contributed by atoms with Crippen LogP contribution in [-0.2, 0) is 14.3 Å². The van der Waals surface area contributed by atoms with E-state index in [4.69, 9.17) is 33.7 Å². The maximum atomic E-state index is 12.3. The first kappa shape index (κ1) is 25.2. The molecule has 0 spiro atoms. The van der Waals surface area contributed by atoms with Crippen LogP contribution in [0.3, 0.4) is 0 Å². The van der Waals surface area contributed by atoms with E-state index < -0.39 is 36.7 Å². The number of urea groups is 1. The summed E-state index contributed by atoms with van der Waals surface area (Å²) in [7, 11) is 0. The van der Waals surface area contributed by atoms with Crippen LogP contribution in [0.1, 0.15) is 24.9 Å². The molecule has 0 aromatic heterocycles. The van der Waals surface area contributed by atoms with Crippen LogP contribution in [0.5, 0.6) is 5.75 Å². The van der Waals surface area contributed by atoms with E-state index in [0.717, 1.165) is 6.07 Å². The molecular weight excluding hydrogens is 471 g/mol. The number of rotatable bonds is 9. The van der Waals surface area contributed by atoms with Crippen molar-refractivity contribution in [3.63, 3.8) is 0 Å². The van der Waals surface area contributed by atoms with E-state index in [2.05, 4.69) is 15.4 Å². The number of hydrogen-bond acceptors (Lipinski definition) is 5. The van der Waals surface area contributed by atoms with Gasteiger partial charge in [-0.05, 0) is 36.8 Å². The fraction of sp³-hybridized carbons (Fsp3) is 0.250. The smallest absolute Gasteiger partial charge is 0.387 e. The van der Waals surface area contributed by atoms with E-state index in [1.54, 1.807) is 24.3 Å². The summed E-state index contributed by atoms with van der Waals surface area (Å²) >= 11 is 12.0. The summed E-state index contributed by atoms with van der Waals surface area (Å²) in [4.78, 5) is 36.0. The van der Waals surface area contributed by atoms with Crippen molar-refractivity contribution in [2.24, 2.45) is 5.73 Å². The molecule has 0 fully saturated rings. The minimum Gasteiger partial charge on any atom is -0.452 e. The van der Waals surface area contributed by atoms with E-state index >= 15 is 0 Å². The maximum Gasteiger partial charge on any atom is 0.387 e. The van der Waals surface area contributed by atoms with Gasteiger partial charge >= 0.3 is 18.6 Å². The molecule has 2 aromatic rings. The van der Waals surface area contributed by atoms with Gasteiger partial charge in [0.25, 0.3) is 5.91 Å². The normalized spacial score (nSPS) is 12.6. The first-order chi connectivity index (χ1) is 15.1. The van der Waals surface area contributed by atoms with Crippen LogP contribution in [0.2, 0.25) is 10.0 Å². The Morgan fingerprint density at radius 3 is 2.38 bits per heavy atom. The van der Waals surface area contributed by atoms with Crippen molar-refractivity contribution in [1.82, 2.24) is 5.32 Å². The first-order valence-corrected chi connectivity index (χ1v) is 9.87. The van der Waals surface area contributed by atoms with Crippen LogP contribution in [-0.4, -0.2) is 30.6 Å². The highest BCUT2D eigenvalue weighted by atomic mass is 35.5. The molecule has 0 heterocycles. The number of hydrogen-bond donors (Lipinski definition) is 3. The van der Waals surface area contributed by atoms with Crippen LogP contribution >= 0.6 is 23.2 Å². The lowest BCUT2D eigenvalue weighted by Gasteiger charge is -2.20. The molecule has 172 valence electrons. The van der Waals surface area contributed by atoms with Gasteiger partial charge in [0, 0.05) is 10.7 Å². The van der Waals surface area contributed by atoms with Crippen LogP contribution in [0.4, 0.5) is 19.3 Å². The summed E-state index contributed by atoms with van der Waals surface area (Å²) in [5.74, 6) is -1.76. The number of amides is 3. The average Bonchev–Trinajstić information content (AvgIpc) is 2.69. The molecule has 0 aliphatic rings. The Hall–Kier alpha value is -3.11. The number of benzene rings is 2. The third-order valence-corrected chi connectivity index (χ3v) is 4.70. The zero-order valence-electron chi connectivity index (χ0n) is 16.6. The third-order valence-electron chi connectivity index (χ3n) is 4.06. The standard InChI is InChI=1S/C20H19Cl2F2N3O5/c1-10(18(29)26-11-6-7-16(14(22)8-11)32-19(23)24)31-17(28)9-15(27-20(25)30)12-4-2-3-5-13(12)21/h2-8,10,15,19H,9H2,1H3,(H,26,29)(H3,25,27,30)/t10-,15+/m1/s1. The van der Waals surface area contributed by atoms with Crippen molar-refractivity contribution in [2.75, 3.05) is 5.32 Å². The van der Waals surface area contributed by atoms with Gasteiger partial charge in [0.2, 0.25) is 0 Å². The number of nitrogens with two attached hydrogens (primary N) is 1. The molecule has 0 unspecified atom stereocenters. The molecule has 4 N–H and O–H groups in total. The second kappa shape index (κ2) is 11.5. The minimum absolute atomic E-state index is 0.146. The van der Waals surface area contributed by atoms with E-state index in [-0.39, 0.29) is 22.9 Å². The largest absolute Gasteiger partial charge is 0.452 e.